The molecule has 0 aromatic heterocycles. The van der Waals surface area contributed by atoms with Crippen LogP contribution in [0.15, 0.2) is 46.7 Å². The van der Waals surface area contributed by atoms with Gasteiger partial charge >= 0.3 is 5.97 Å². The Morgan fingerprint density at radius 1 is 1.24 bits per heavy atom. The monoisotopic (exact) mass is 288 g/mol. The zero-order valence-corrected chi connectivity index (χ0v) is 12.4. The maximum Gasteiger partial charge on any atom is 0.341 e. The van der Waals surface area contributed by atoms with E-state index < -0.39 is 5.97 Å². The number of aliphatic hydroxyl groups is 1. The maximum absolute atomic E-state index is 11.0. The van der Waals surface area contributed by atoms with Gasteiger partial charge in [0.25, 0.3) is 0 Å². The molecule has 21 heavy (non-hydrogen) atoms. The van der Waals surface area contributed by atoms with Crippen LogP contribution in [0.5, 0.6) is 0 Å². The average molecular weight is 288 g/mol. The molecule has 0 aliphatic heterocycles. The van der Waals surface area contributed by atoms with E-state index in [0.717, 1.165) is 17.5 Å². The van der Waals surface area contributed by atoms with E-state index in [9.17, 15) is 9.90 Å². The van der Waals surface area contributed by atoms with Crippen molar-refractivity contribution < 1.29 is 15.0 Å². The summed E-state index contributed by atoms with van der Waals surface area (Å²) in [5.41, 5.74) is 1.70. The summed E-state index contributed by atoms with van der Waals surface area (Å²) in [6.45, 7) is 2.24. The minimum absolute atomic E-state index is 0.224. The molecule has 0 aliphatic rings. The van der Waals surface area contributed by atoms with Gasteiger partial charge in [-0.3, -0.25) is 4.99 Å². The molecule has 0 bridgehead atoms. The van der Waals surface area contributed by atoms with Gasteiger partial charge in [-0.15, -0.1) is 0 Å². The number of benzene rings is 1. The molecule has 5 nitrogen and oxygen atoms in total. The Morgan fingerprint density at radius 2 is 1.86 bits per heavy atom. The second kappa shape index (κ2) is 7.89. The van der Waals surface area contributed by atoms with Gasteiger partial charge in [-0.25, -0.2) is 4.79 Å². The van der Waals surface area contributed by atoms with E-state index in [1.165, 1.54) is 6.08 Å². The number of carbonyl (C=O) groups is 1. The van der Waals surface area contributed by atoms with Crippen LogP contribution in [-0.2, 0) is 4.79 Å². The van der Waals surface area contributed by atoms with Crippen molar-refractivity contribution in [3.8, 4) is 0 Å². The summed E-state index contributed by atoms with van der Waals surface area (Å²) in [5, 5.41) is 18.8. The van der Waals surface area contributed by atoms with Crippen LogP contribution in [0.4, 0.5) is 5.69 Å². The summed E-state index contributed by atoms with van der Waals surface area (Å²) < 4.78 is 0. The number of hydrogen-bond acceptors (Lipinski definition) is 4. The number of hydrogen-bond donors (Lipinski definition) is 2. The number of rotatable bonds is 6. The lowest BCUT2D eigenvalue weighted by Crippen LogP contribution is -2.07. The Kier molecular flexibility index (Phi) is 6.20. The lowest BCUT2D eigenvalue weighted by atomic mass is 10.1. The number of aliphatic hydroxyl groups excluding tert-OH is 1. The van der Waals surface area contributed by atoms with E-state index in [1.807, 2.05) is 43.3 Å². The van der Waals surface area contributed by atoms with Crippen LogP contribution in [0.2, 0.25) is 0 Å². The fourth-order valence-corrected chi connectivity index (χ4v) is 1.56. The highest BCUT2D eigenvalue weighted by atomic mass is 16.4. The van der Waals surface area contributed by atoms with E-state index in [4.69, 9.17) is 5.11 Å². The van der Waals surface area contributed by atoms with Gasteiger partial charge in [0.2, 0.25) is 0 Å². The summed E-state index contributed by atoms with van der Waals surface area (Å²) >= 11 is 0. The lowest BCUT2D eigenvalue weighted by molar-refractivity contribution is -0.132. The van der Waals surface area contributed by atoms with Crippen molar-refractivity contribution in [1.29, 1.82) is 0 Å². The second-order valence-corrected chi connectivity index (χ2v) is 4.55. The highest BCUT2D eigenvalue weighted by Crippen LogP contribution is 2.14. The fraction of sp³-hybridized carbons (Fsp3) is 0.250. The van der Waals surface area contributed by atoms with Crippen LogP contribution < -0.4 is 4.90 Å². The van der Waals surface area contributed by atoms with Crippen LogP contribution in [0.1, 0.15) is 12.5 Å². The first kappa shape index (κ1) is 16.5. The SMILES string of the molecule is CCN=C/C(C(=O)O)=C(O)\C=C\c1ccc(N(C)C)cc1. The summed E-state index contributed by atoms with van der Waals surface area (Å²) in [6, 6.07) is 7.66. The van der Waals surface area contributed by atoms with Crippen LogP contribution in [0.3, 0.4) is 0 Å². The second-order valence-electron chi connectivity index (χ2n) is 4.55. The predicted molar refractivity (Wildman–Crippen MR) is 86.1 cm³/mol. The Hall–Kier alpha value is -2.56. The number of carboxylic acids is 1. The summed E-state index contributed by atoms with van der Waals surface area (Å²) in [4.78, 5) is 16.8. The molecule has 1 rings (SSSR count). The average Bonchev–Trinajstić information content (AvgIpc) is 2.45. The zero-order valence-electron chi connectivity index (χ0n) is 12.4. The van der Waals surface area contributed by atoms with Crippen molar-refractivity contribution in [1.82, 2.24) is 0 Å². The quantitative estimate of drug-likeness (QED) is 0.365. The molecular weight excluding hydrogens is 268 g/mol. The van der Waals surface area contributed by atoms with E-state index in [0.29, 0.717) is 6.54 Å². The number of anilines is 1. The molecule has 0 heterocycles. The molecule has 0 fully saturated rings. The maximum atomic E-state index is 11.0. The molecule has 1 aromatic rings. The summed E-state index contributed by atoms with van der Waals surface area (Å²) in [6.07, 6.45) is 4.17. The predicted octanol–water partition coefficient (Wildman–Crippen LogP) is 2.75. The van der Waals surface area contributed by atoms with Gasteiger partial charge in [0.05, 0.1) is 0 Å². The molecular formula is C16H20N2O3. The lowest BCUT2D eigenvalue weighted by Gasteiger charge is -2.11. The molecule has 0 saturated heterocycles. The molecule has 0 atom stereocenters. The Bertz CT molecular complexity index is 570. The van der Waals surface area contributed by atoms with Gasteiger partial charge in [0.1, 0.15) is 11.3 Å². The summed E-state index contributed by atoms with van der Waals surface area (Å²) in [7, 11) is 3.90. The largest absolute Gasteiger partial charge is 0.507 e. The van der Waals surface area contributed by atoms with Crippen molar-refractivity contribution in [2.75, 3.05) is 25.5 Å². The first-order chi connectivity index (χ1) is 9.95. The number of allylic oxidation sites excluding steroid dienone is 1. The third kappa shape index (κ3) is 5.14. The molecule has 0 radical (unpaired) electrons. The molecule has 0 amide bonds. The molecule has 0 saturated carbocycles. The van der Waals surface area contributed by atoms with Gasteiger partial charge in [0, 0.05) is 32.5 Å². The van der Waals surface area contributed by atoms with Crippen LogP contribution in [0.25, 0.3) is 6.08 Å². The van der Waals surface area contributed by atoms with Crippen molar-refractivity contribution >= 4 is 23.9 Å². The van der Waals surface area contributed by atoms with Crippen LogP contribution in [-0.4, -0.2) is 43.0 Å². The molecule has 0 aliphatic carbocycles. The van der Waals surface area contributed by atoms with E-state index in [1.54, 1.807) is 13.0 Å². The fourth-order valence-electron chi connectivity index (χ4n) is 1.56. The van der Waals surface area contributed by atoms with Gasteiger partial charge in [-0.1, -0.05) is 18.2 Å². The third-order valence-corrected chi connectivity index (χ3v) is 2.75. The van der Waals surface area contributed by atoms with Gasteiger partial charge in [-0.2, -0.15) is 0 Å². The molecule has 1 aromatic carbocycles. The molecule has 0 unspecified atom stereocenters. The first-order valence-electron chi connectivity index (χ1n) is 6.57. The van der Waals surface area contributed by atoms with Crippen LogP contribution in [0, 0.1) is 0 Å². The molecule has 5 heteroatoms. The summed E-state index contributed by atoms with van der Waals surface area (Å²) in [5.74, 6) is -1.53. The highest BCUT2D eigenvalue weighted by Gasteiger charge is 2.09. The minimum atomic E-state index is -1.21. The zero-order chi connectivity index (χ0) is 15.8. The smallest absolute Gasteiger partial charge is 0.341 e. The standard InChI is InChI=1S/C16H20N2O3/c1-4-17-11-14(16(20)21)15(19)10-7-12-5-8-13(9-6-12)18(2)3/h5-11,19H,4H2,1-3H3,(H,20,21)/b10-7+,15-14-,17-11?. The Morgan fingerprint density at radius 3 is 2.33 bits per heavy atom. The number of aliphatic carboxylic acids is 1. The Balaban J connectivity index is 2.95. The third-order valence-electron chi connectivity index (χ3n) is 2.75. The normalized spacial score (nSPS) is 12.7. The van der Waals surface area contributed by atoms with Crippen molar-refractivity contribution in [3.63, 3.8) is 0 Å². The molecule has 2 N–H and O–H groups in total. The van der Waals surface area contributed by atoms with Crippen LogP contribution >= 0.6 is 0 Å². The van der Waals surface area contributed by atoms with Gasteiger partial charge < -0.3 is 15.1 Å². The molecule has 112 valence electrons. The van der Waals surface area contributed by atoms with Gasteiger partial charge in [-0.05, 0) is 30.7 Å². The van der Waals surface area contributed by atoms with Crippen molar-refractivity contribution in [2.24, 2.45) is 4.99 Å². The highest BCUT2D eigenvalue weighted by molar-refractivity contribution is 6.09. The number of aliphatic imine (C=N–C) groups is 1. The van der Waals surface area contributed by atoms with Crippen molar-refractivity contribution in [2.45, 2.75) is 6.92 Å². The van der Waals surface area contributed by atoms with Crippen molar-refractivity contribution in [3.05, 3.63) is 47.2 Å². The van der Waals surface area contributed by atoms with Gasteiger partial charge in [0.15, 0.2) is 0 Å². The topological polar surface area (TPSA) is 73.1 Å². The molecule has 0 spiro atoms. The minimum Gasteiger partial charge on any atom is -0.507 e. The van der Waals surface area contributed by atoms with E-state index >= 15 is 0 Å². The number of nitrogens with zero attached hydrogens (tertiary/aromatic N) is 2. The van der Waals surface area contributed by atoms with E-state index in [-0.39, 0.29) is 11.3 Å². The van der Waals surface area contributed by atoms with E-state index in [2.05, 4.69) is 4.99 Å². The first-order valence-corrected chi connectivity index (χ1v) is 6.57. The number of carboxylic acid groups (broad SMARTS) is 1. The Labute approximate surface area is 124 Å².